The summed E-state index contributed by atoms with van der Waals surface area (Å²) in [5.74, 6) is -1.61. The van der Waals surface area contributed by atoms with Gasteiger partial charge in [-0.3, -0.25) is 14.5 Å². The fourth-order valence-corrected chi connectivity index (χ4v) is 2.98. The van der Waals surface area contributed by atoms with Crippen molar-refractivity contribution >= 4 is 23.2 Å². The van der Waals surface area contributed by atoms with Crippen LogP contribution in [0, 0.1) is 5.82 Å². The highest BCUT2D eigenvalue weighted by molar-refractivity contribution is 7.13. The Hall–Kier alpha value is -2.39. The van der Waals surface area contributed by atoms with E-state index in [9.17, 15) is 14.0 Å². The van der Waals surface area contributed by atoms with Crippen LogP contribution >= 0.6 is 11.3 Å². The summed E-state index contributed by atoms with van der Waals surface area (Å²) in [6.07, 6.45) is 0.817. The number of benzene rings is 1. The third kappa shape index (κ3) is 6.20. The van der Waals surface area contributed by atoms with Gasteiger partial charge in [0.2, 0.25) is 5.01 Å². The first-order chi connectivity index (χ1) is 12.0. The number of aliphatic carboxylic acids is 1. The highest BCUT2D eigenvalue weighted by atomic mass is 32.1. The average Bonchev–Trinajstić information content (AvgIpc) is 3.02. The van der Waals surface area contributed by atoms with Crippen LogP contribution in [-0.2, 0) is 17.9 Å². The number of carbonyl (C=O) groups excluding carboxylic acids is 1. The van der Waals surface area contributed by atoms with Crippen molar-refractivity contribution in [1.82, 2.24) is 20.4 Å². The van der Waals surface area contributed by atoms with Gasteiger partial charge in [0.15, 0.2) is 0 Å². The Labute approximate surface area is 148 Å². The van der Waals surface area contributed by atoms with Crippen molar-refractivity contribution in [3.05, 3.63) is 45.7 Å². The maximum Gasteiger partial charge on any atom is 0.317 e. The van der Waals surface area contributed by atoms with E-state index in [-0.39, 0.29) is 29.8 Å². The number of amides is 1. The molecule has 134 valence electrons. The van der Waals surface area contributed by atoms with Crippen molar-refractivity contribution in [1.29, 1.82) is 0 Å². The van der Waals surface area contributed by atoms with Crippen LogP contribution in [0.25, 0.3) is 0 Å². The van der Waals surface area contributed by atoms with Gasteiger partial charge in [0.25, 0.3) is 5.91 Å². The number of carboxylic acids is 1. The molecule has 0 saturated heterocycles. The summed E-state index contributed by atoms with van der Waals surface area (Å²) in [5.41, 5.74) is 0.773. The maximum absolute atomic E-state index is 12.8. The van der Waals surface area contributed by atoms with E-state index in [2.05, 4.69) is 15.5 Å². The number of carboxylic acid groups (broad SMARTS) is 1. The topological polar surface area (TPSA) is 95.4 Å². The predicted octanol–water partition coefficient (Wildman–Crippen LogP) is 1.90. The quantitative estimate of drug-likeness (QED) is 0.704. The third-order valence-corrected chi connectivity index (χ3v) is 4.19. The maximum atomic E-state index is 12.8. The number of nitrogens with zero attached hydrogens (tertiary/aromatic N) is 3. The second kappa shape index (κ2) is 9.19. The molecule has 25 heavy (non-hydrogen) atoms. The van der Waals surface area contributed by atoms with Gasteiger partial charge in [0.05, 0.1) is 13.1 Å². The Bertz CT molecular complexity index is 720. The smallest absolute Gasteiger partial charge is 0.317 e. The lowest BCUT2D eigenvalue weighted by Gasteiger charge is -2.17. The summed E-state index contributed by atoms with van der Waals surface area (Å²) in [5, 5.41) is 20.2. The number of nitrogens with one attached hydrogen (secondary N) is 1. The monoisotopic (exact) mass is 366 g/mol. The van der Waals surface area contributed by atoms with Crippen molar-refractivity contribution in [2.75, 3.05) is 13.1 Å². The first-order valence-corrected chi connectivity index (χ1v) is 8.58. The van der Waals surface area contributed by atoms with Gasteiger partial charge in [-0.15, -0.1) is 10.2 Å². The Morgan fingerprint density at radius 1 is 1.28 bits per heavy atom. The Morgan fingerprint density at radius 3 is 2.64 bits per heavy atom. The second-order valence-corrected chi connectivity index (χ2v) is 6.48. The van der Waals surface area contributed by atoms with Crippen LogP contribution in [0.1, 0.15) is 33.7 Å². The van der Waals surface area contributed by atoms with Crippen molar-refractivity contribution in [3.8, 4) is 0 Å². The molecule has 0 bridgehead atoms. The number of carbonyl (C=O) groups is 2. The molecule has 7 nitrogen and oxygen atoms in total. The molecule has 0 spiro atoms. The molecule has 2 rings (SSSR count). The van der Waals surface area contributed by atoms with Gasteiger partial charge >= 0.3 is 5.97 Å². The lowest BCUT2D eigenvalue weighted by molar-refractivity contribution is -0.138. The van der Waals surface area contributed by atoms with Crippen molar-refractivity contribution in [2.24, 2.45) is 0 Å². The largest absolute Gasteiger partial charge is 0.480 e. The minimum atomic E-state index is -0.907. The number of halogens is 1. The van der Waals surface area contributed by atoms with Gasteiger partial charge in [-0.1, -0.05) is 30.4 Å². The first kappa shape index (κ1) is 18.9. The van der Waals surface area contributed by atoms with E-state index < -0.39 is 5.97 Å². The number of aromatic nitrogens is 2. The molecular formula is C16H19FN4O3S. The molecule has 2 N–H and O–H groups in total. The molecule has 1 heterocycles. The Morgan fingerprint density at radius 2 is 2.00 bits per heavy atom. The van der Waals surface area contributed by atoms with E-state index >= 15 is 0 Å². The molecule has 1 amide bonds. The van der Waals surface area contributed by atoms with E-state index in [0.717, 1.165) is 23.3 Å². The van der Waals surface area contributed by atoms with Gasteiger partial charge < -0.3 is 10.4 Å². The summed E-state index contributed by atoms with van der Waals surface area (Å²) in [6, 6.07) is 5.84. The molecule has 1 aromatic heterocycles. The molecule has 0 aliphatic rings. The SMILES string of the molecule is CCCN(CC(=O)O)Cc1nnc(C(=O)NCc2ccc(F)cc2)s1. The lowest BCUT2D eigenvalue weighted by atomic mass is 10.2. The van der Waals surface area contributed by atoms with Crippen molar-refractivity contribution < 1.29 is 19.1 Å². The molecule has 2 aromatic rings. The van der Waals surface area contributed by atoms with Gasteiger partial charge in [-0.2, -0.15) is 0 Å². The van der Waals surface area contributed by atoms with E-state index in [1.807, 2.05) is 6.92 Å². The van der Waals surface area contributed by atoms with Gasteiger partial charge in [0.1, 0.15) is 10.8 Å². The van der Waals surface area contributed by atoms with Crippen LogP contribution in [0.15, 0.2) is 24.3 Å². The van der Waals surface area contributed by atoms with Crippen LogP contribution < -0.4 is 5.32 Å². The number of hydrogen-bond acceptors (Lipinski definition) is 6. The molecular weight excluding hydrogens is 347 g/mol. The highest BCUT2D eigenvalue weighted by Crippen LogP contribution is 2.13. The zero-order valence-electron chi connectivity index (χ0n) is 13.7. The third-order valence-electron chi connectivity index (χ3n) is 3.28. The molecule has 0 unspecified atom stereocenters. The van der Waals surface area contributed by atoms with E-state index in [1.165, 1.54) is 12.1 Å². The summed E-state index contributed by atoms with van der Waals surface area (Å²) < 4.78 is 12.8. The number of hydrogen-bond donors (Lipinski definition) is 2. The van der Waals surface area contributed by atoms with Crippen molar-refractivity contribution in [2.45, 2.75) is 26.4 Å². The minimum absolute atomic E-state index is 0.0838. The van der Waals surface area contributed by atoms with E-state index in [4.69, 9.17) is 5.11 Å². The molecule has 0 atom stereocenters. The Kier molecular flexibility index (Phi) is 6.96. The minimum Gasteiger partial charge on any atom is -0.480 e. The standard InChI is InChI=1S/C16H19FN4O3S/c1-2-7-21(10-14(22)23)9-13-19-20-16(25-13)15(24)18-8-11-3-5-12(17)6-4-11/h3-6H,2,7-10H2,1H3,(H,18,24)(H,22,23). The van der Waals surface area contributed by atoms with E-state index in [1.54, 1.807) is 17.0 Å². The van der Waals surface area contributed by atoms with Crippen LogP contribution in [0.4, 0.5) is 4.39 Å². The normalized spacial score (nSPS) is 10.8. The molecule has 0 aliphatic heterocycles. The summed E-state index contributed by atoms with van der Waals surface area (Å²) in [7, 11) is 0. The fourth-order valence-electron chi connectivity index (χ4n) is 2.18. The zero-order valence-corrected chi connectivity index (χ0v) is 14.6. The van der Waals surface area contributed by atoms with Gasteiger partial charge in [-0.25, -0.2) is 4.39 Å². The molecule has 1 aromatic carbocycles. The average molecular weight is 366 g/mol. The molecule has 9 heteroatoms. The molecule has 0 aliphatic carbocycles. The van der Waals surface area contributed by atoms with Crippen LogP contribution in [-0.4, -0.2) is 45.2 Å². The summed E-state index contributed by atoms with van der Waals surface area (Å²) >= 11 is 1.13. The van der Waals surface area contributed by atoms with Gasteiger partial charge in [0, 0.05) is 6.54 Å². The lowest BCUT2D eigenvalue weighted by Crippen LogP contribution is -2.30. The summed E-state index contributed by atoms with van der Waals surface area (Å²) in [4.78, 5) is 24.7. The summed E-state index contributed by atoms with van der Waals surface area (Å²) in [6.45, 7) is 3.10. The van der Waals surface area contributed by atoms with Crippen LogP contribution in [0.2, 0.25) is 0 Å². The fraction of sp³-hybridized carbons (Fsp3) is 0.375. The van der Waals surface area contributed by atoms with Crippen LogP contribution in [0.5, 0.6) is 0 Å². The predicted molar refractivity (Wildman–Crippen MR) is 90.7 cm³/mol. The van der Waals surface area contributed by atoms with Crippen LogP contribution in [0.3, 0.4) is 0 Å². The zero-order chi connectivity index (χ0) is 18.2. The molecule has 0 radical (unpaired) electrons. The Balaban J connectivity index is 1.91. The van der Waals surface area contributed by atoms with Crippen molar-refractivity contribution in [3.63, 3.8) is 0 Å². The highest BCUT2D eigenvalue weighted by Gasteiger charge is 2.16. The molecule has 0 saturated carbocycles. The first-order valence-electron chi connectivity index (χ1n) is 7.77. The number of rotatable bonds is 9. The molecule has 0 fully saturated rings. The van der Waals surface area contributed by atoms with E-state index in [0.29, 0.717) is 18.1 Å². The van der Waals surface area contributed by atoms with Gasteiger partial charge in [-0.05, 0) is 30.7 Å². The second-order valence-electron chi connectivity index (χ2n) is 5.41.